The number of alkyl carbamates (subject to hydrolysis) is 1. The molecule has 8 nitrogen and oxygen atoms in total. The molecule has 2 aliphatic rings. The second kappa shape index (κ2) is 9.83. The van der Waals surface area contributed by atoms with E-state index >= 15 is 0 Å². The zero-order valence-corrected chi connectivity index (χ0v) is 19.6. The van der Waals surface area contributed by atoms with E-state index in [1.54, 1.807) is 11.8 Å². The molecule has 1 N–H and O–H groups in total. The molecule has 4 heterocycles. The van der Waals surface area contributed by atoms with Crippen LogP contribution in [0.5, 0.6) is 0 Å². The van der Waals surface area contributed by atoms with Gasteiger partial charge in [0, 0.05) is 49.4 Å². The first-order valence-electron chi connectivity index (χ1n) is 12.3. The number of urea groups is 1. The van der Waals surface area contributed by atoms with Gasteiger partial charge in [0.1, 0.15) is 5.82 Å². The molecule has 1 saturated heterocycles. The predicted octanol–water partition coefficient (Wildman–Crippen LogP) is 4.56. The largest absolute Gasteiger partial charge is 0.450 e. The van der Waals surface area contributed by atoms with Crippen LogP contribution < -0.4 is 5.32 Å². The third-order valence-corrected chi connectivity index (χ3v) is 6.97. The number of hydrogen-bond donors (Lipinski definition) is 1. The number of hydrogen-bond acceptors (Lipinski definition) is 5. The summed E-state index contributed by atoms with van der Waals surface area (Å²) in [6, 6.07) is 8.22. The molecule has 0 unspecified atom stereocenters. The molecule has 0 saturated carbocycles. The number of carbonyl (C=O) groups is 2. The Morgan fingerprint density at radius 2 is 2.03 bits per heavy atom. The van der Waals surface area contributed by atoms with Crippen molar-refractivity contribution in [2.45, 2.75) is 52.0 Å². The molecule has 0 spiro atoms. The fourth-order valence-electron chi connectivity index (χ4n) is 5.22. The van der Waals surface area contributed by atoms with Crippen molar-refractivity contribution in [2.75, 3.05) is 19.7 Å². The van der Waals surface area contributed by atoms with E-state index in [-0.39, 0.29) is 12.6 Å². The summed E-state index contributed by atoms with van der Waals surface area (Å²) in [6.07, 6.45) is 9.37. The van der Waals surface area contributed by atoms with Gasteiger partial charge in [-0.05, 0) is 56.6 Å². The van der Waals surface area contributed by atoms with Crippen LogP contribution in [-0.4, -0.2) is 51.3 Å². The van der Waals surface area contributed by atoms with E-state index in [0.717, 1.165) is 50.2 Å². The number of para-hydroxylation sites is 1. The third kappa shape index (κ3) is 4.62. The van der Waals surface area contributed by atoms with Gasteiger partial charge in [-0.25, -0.2) is 24.9 Å². The topological polar surface area (TPSA) is 89.4 Å². The molecule has 34 heavy (non-hydrogen) atoms. The minimum absolute atomic E-state index is 0.244. The van der Waals surface area contributed by atoms with Crippen molar-refractivity contribution in [1.29, 1.82) is 0 Å². The van der Waals surface area contributed by atoms with Gasteiger partial charge in [0.2, 0.25) is 0 Å². The highest BCUT2D eigenvalue weighted by atomic mass is 16.5. The lowest BCUT2D eigenvalue weighted by atomic mass is 9.92. The maximum absolute atomic E-state index is 12.2. The van der Waals surface area contributed by atoms with Crippen LogP contribution in [0, 0.1) is 5.92 Å². The van der Waals surface area contributed by atoms with E-state index in [0.29, 0.717) is 19.0 Å². The Balaban J connectivity index is 1.20. The van der Waals surface area contributed by atoms with Crippen LogP contribution in [0.2, 0.25) is 0 Å². The second-order valence-electron chi connectivity index (χ2n) is 9.13. The van der Waals surface area contributed by atoms with Crippen molar-refractivity contribution in [3.63, 3.8) is 0 Å². The SMILES string of the molecule is CCOC(=O)NC(=O)N1CCC(CCc2nccc(-c3cn4c5c(cccc35)CCC4)n2)CC1. The van der Waals surface area contributed by atoms with Crippen molar-refractivity contribution in [2.24, 2.45) is 5.92 Å². The highest BCUT2D eigenvalue weighted by molar-refractivity contribution is 5.97. The number of carbonyl (C=O) groups excluding carboxylic acids is 2. The van der Waals surface area contributed by atoms with Crippen LogP contribution in [0.1, 0.15) is 44.0 Å². The maximum Gasteiger partial charge on any atom is 0.415 e. The summed E-state index contributed by atoms with van der Waals surface area (Å²) in [6.45, 7) is 4.29. The first-order chi connectivity index (χ1) is 16.6. The van der Waals surface area contributed by atoms with Crippen LogP contribution in [0.15, 0.2) is 36.7 Å². The Morgan fingerprint density at radius 1 is 1.18 bits per heavy atom. The van der Waals surface area contributed by atoms with E-state index in [4.69, 9.17) is 9.72 Å². The van der Waals surface area contributed by atoms with Crippen LogP contribution >= 0.6 is 0 Å². The molecule has 0 atom stereocenters. The molecule has 5 rings (SSSR count). The first-order valence-corrected chi connectivity index (χ1v) is 12.3. The fourth-order valence-corrected chi connectivity index (χ4v) is 5.22. The Kier molecular flexibility index (Phi) is 6.47. The number of amides is 3. The van der Waals surface area contributed by atoms with Crippen molar-refractivity contribution < 1.29 is 14.3 Å². The van der Waals surface area contributed by atoms with Gasteiger partial charge in [0.25, 0.3) is 0 Å². The molecule has 1 aromatic carbocycles. The Bertz CT molecular complexity index is 1200. The van der Waals surface area contributed by atoms with Gasteiger partial charge in [-0.2, -0.15) is 0 Å². The predicted molar refractivity (Wildman–Crippen MR) is 129 cm³/mol. The summed E-state index contributed by atoms with van der Waals surface area (Å²) >= 11 is 0. The molecule has 8 heteroatoms. The average Bonchev–Trinajstić information content (AvgIpc) is 3.24. The third-order valence-electron chi connectivity index (χ3n) is 6.97. The first kappa shape index (κ1) is 22.4. The van der Waals surface area contributed by atoms with Crippen molar-refractivity contribution in [3.05, 3.63) is 48.0 Å². The van der Waals surface area contributed by atoms with Gasteiger partial charge < -0.3 is 14.2 Å². The number of likely N-dealkylation sites (tertiary alicyclic amines) is 1. The lowest BCUT2D eigenvalue weighted by molar-refractivity contribution is 0.140. The molecule has 178 valence electrons. The number of aryl methyl sites for hydroxylation is 3. The normalized spacial score (nSPS) is 16.0. The summed E-state index contributed by atoms with van der Waals surface area (Å²) in [5.41, 5.74) is 4.94. The molecule has 0 bridgehead atoms. The highest BCUT2D eigenvalue weighted by Crippen LogP contribution is 2.34. The number of ether oxygens (including phenoxy) is 1. The molecule has 2 aromatic heterocycles. The zero-order chi connectivity index (χ0) is 23.5. The molecule has 0 aliphatic carbocycles. The average molecular weight is 462 g/mol. The smallest absolute Gasteiger partial charge is 0.415 e. The van der Waals surface area contributed by atoms with Crippen molar-refractivity contribution >= 4 is 23.0 Å². The maximum atomic E-state index is 12.2. The number of imide groups is 1. The van der Waals surface area contributed by atoms with E-state index in [1.807, 2.05) is 12.3 Å². The minimum atomic E-state index is -0.687. The second-order valence-corrected chi connectivity index (χ2v) is 9.13. The molecule has 3 aromatic rings. The summed E-state index contributed by atoms with van der Waals surface area (Å²) in [5.74, 6) is 1.38. The number of nitrogens with zero attached hydrogens (tertiary/aromatic N) is 4. The van der Waals surface area contributed by atoms with E-state index in [2.05, 4.69) is 39.3 Å². The molecular formula is C26H31N5O3. The summed E-state index contributed by atoms with van der Waals surface area (Å²) in [4.78, 5) is 34.8. The monoisotopic (exact) mass is 461 g/mol. The van der Waals surface area contributed by atoms with Gasteiger partial charge in [0.05, 0.1) is 17.8 Å². The van der Waals surface area contributed by atoms with Crippen LogP contribution in [0.4, 0.5) is 9.59 Å². The summed E-state index contributed by atoms with van der Waals surface area (Å²) in [7, 11) is 0. The number of aromatic nitrogens is 3. The fraction of sp³-hybridized carbons (Fsp3) is 0.462. The molecule has 3 amide bonds. The van der Waals surface area contributed by atoms with Gasteiger partial charge in [-0.15, -0.1) is 0 Å². The highest BCUT2D eigenvalue weighted by Gasteiger charge is 2.24. The van der Waals surface area contributed by atoms with E-state index in [1.165, 1.54) is 28.5 Å². The Morgan fingerprint density at radius 3 is 2.85 bits per heavy atom. The lowest BCUT2D eigenvalue weighted by Gasteiger charge is -2.31. The van der Waals surface area contributed by atoms with Gasteiger partial charge in [-0.1, -0.05) is 18.2 Å². The van der Waals surface area contributed by atoms with E-state index < -0.39 is 6.09 Å². The molecule has 2 aliphatic heterocycles. The quantitative estimate of drug-likeness (QED) is 0.602. The molecular weight excluding hydrogens is 430 g/mol. The zero-order valence-electron chi connectivity index (χ0n) is 19.6. The van der Waals surface area contributed by atoms with Gasteiger partial charge in [0.15, 0.2) is 0 Å². The standard InChI is InChI=1S/C26H31N5O3/c1-2-34-26(33)29-25(32)30-15-11-18(12-16-30)8-9-23-27-13-10-22(28-23)21-17-31-14-4-6-19-5-3-7-20(21)24(19)31/h3,5,7,10,13,17-18H,2,4,6,8-9,11-12,14-16H2,1H3,(H,29,32,33). The summed E-state index contributed by atoms with van der Waals surface area (Å²) < 4.78 is 7.15. The number of benzene rings is 1. The number of piperidine rings is 1. The van der Waals surface area contributed by atoms with Crippen LogP contribution in [0.3, 0.4) is 0 Å². The van der Waals surface area contributed by atoms with Crippen molar-refractivity contribution in [3.8, 4) is 11.3 Å². The Hall–Kier alpha value is -3.42. The van der Waals surface area contributed by atoms with E-state index in [9.17, 15) is 9.59 Å². The van der Waals surface area contributed by atoms with Crippen molar-refractivity contribution in [1.82, 2.24) is 24.8 Å². The Labute approximate surface area is 199 Å². The molecule has 1 fully saturated rings. The van der Waals surface area contributed by atoms with Gasteiger partial charge in [-0.3, -0.25) is 0 Å². The minimum Gasteiger partial charge on any atom is -0.450 e. The van der Waals surface area contributed by atoms with Crippen LogP contribution in [0.25, 0.3) is 22.2 Å². The number of rotatable bonds is 5. The lowest BCUT2D eigenvalue weighted by Crippen LogP contribution is -2.46. The summed E-state index contributed by atoms with van der Waals surface area (Å²) in [5, 5.41) is 3.55. The van der Waals surface area contributed by atoms with Crippen LogP contribution in [-0.2, 0) is 24.1 Å². The van der Waals surface area contributed by atoms with Gasteiger partial charge >= 0.3 is 12.1 Å². The molecule has 0 radical (unpaired) electrons. The number of nitrogens with one attached hydrogen (secondary N) is 1.